The number of hydrogen-bond acceptors (Lipinski definition) is 1. The predicted molar refractivity (Wildman–Crippen MR) is 72.1 cm³/mol. The second-order valence-corrected chi connectivity index (χ2v) is 4.93. The van der Waals surface area contributed by atoms with E-state index in [-0.39, 0.29) is 12.0 Å². The molecule has 1 unspecified atom stereocenters. The molecule has 2 aromatic carbocycles. The van der Waals surface area contributed by atoms with Gasteiger partial charge in [0, 0.05) is 11.1 Å². The largest absolute Gasteiger partial charge is 0.398 e. The average Bonchev–Trinajstić information content (AvgIpc) is 2.36. The molecule has 1 atom stereocenters. The lowest BCUT2D eigenvalue weighted by Crippen LogP contribution is -2.39. The summed E-state index contributed by atoms with van der Waals surface area (Å²) in [6.45, 7) is 2.80. The summed E-state index contributed by atoms with van der Waals surface area (Å²) in [6, 6.07) is 10.0. The number of nitrogen functional groups attached to an aromatic ring is 1. The van der Waals surface area contributed by atoms with E-state index in [9.17, 15) is 13.2 Å². The monoisotopic (exact) mass is 267 g/mol. The third kappa shape index (κ3) is 2.05. The summed E-state index contributed by atoms with van der Waals surface area (Å²) in [4.78, 5) is 0. The summed E-state index contributed by atoms with van der Waals surface area (Å²) in [7, 11) is 0. The van der Waals surface area contributed by atoms with Crippen molar-refractivity contribution in [2.45, 2.75) is 31.9 Å². The lowest BCUT2D eigenvalue weighted by atomic mass is 9.77. The van der Waals surface area contributed by atoms with E-state index in [1.165, 1.54) is 6.92 Å². The lowest BCUT2D eigenvalue weighted by molar-refractivity contribution is -0.186. The van der Waals surface area contributed by atoms with Crippen LogP contribution in [0.25, 0.3) is 10.8 Å². The number of benzene rings is 2. The molecule has 0 bridgehead atoms. The van der Waals surface area contributed by atoms with Gasteiger partial charge in [0.05, 0.1) is 5.41 Å². The van der Waals surface area contributed by atoms with Crippen molar-refractivity contribution >= 4 is 16.5 Å². The van der Waals surface area contributed by atoms with Crippen LogP contribution in [0.15, 0.2) is 36.4 Å². The predicted octanol–water partition coefficient (Wildman–Crippen LogP) is 4.65. The van der Waals surface area contributed by atoms with Crippen molar-refractivity contribution in [2.24, 2.45) is 0 Å². The van der Waals surface area contributed by atoms with Gasteiger partial charge < -0.3 is 5.73 Å². The highest BCUT2D eigenvalue weighted by Gasteiger charge is 2.51. The molecule has 0 radical (unpaired) electrons. The fourth-order valence-electron chi connectivity index (χ4n) is 2.36. The van der Waals surface area contributed by atoms with Crippen LogP contribution in [0.5, 0.6) is 0 Å². The van der Waals surface area contributed by atoms with Gasteiger partial charge in [-0.05, 0) is 30.4 Å². The summed E-state index contributed by atoms with van der Waals surface area (Å²) in [6.07, 6.45) is -4.30. The zero-order valence-electron chi connectivity index (χ0n) is 10.9. The Hall–Kier alpha value is -1.71. The van der Waals surface area contributed by atoms with E-state index in [1.807, 2.05) is 0 Å². The van der Waals surface area contributed by atoms with Gasteiger partial charge in [0.2, 0.25) is 0 Å². The van der Waals surface area contributed by atoms with Gasteiger partial charge in [-0.25, -0.2) is 0 Å². The average molecular weight is 267 g/mol. The highest BCUT2D eigenvalue weighted by molar-refractivity contribution is 5.95. The van der Waals surface area contributed by atoms with Crippen LogP contribution in [-0.4, -0.2) is 6.18 Å². The minimum atomic E-state index is -4.29. The molecule has 0 saturated heterocycles. The van der Waals surface area contributed by atoms with Crippen LogP contribution < -0.4 is 5.73 Å². The second-order valence-electron chi connectivity index (χ2n) is 4.93. The summed E-state index contributed by atoms with van der Waals surface area (Å²) in [5.41, 5.74) is 4.76. The quantitative estimate of drug-likeness (QED) is 0.787. The summed E-state index contributed by atoms with van der Waals surface area (Å²) < 4.78 is 40.2. The van der Waals surface area contributed by atoms with Crippen molar-refractivity contribution in [3.8, 4) is 0 Å². The summed E-state index contributed by atoms with van der Waals surface area (Å²) in [5.74, 6) is 0. The molecule has 0 aromatic heterocycles. The van der Waals surface area contributed by atoms with Crippen molar-refractivity contribution in [3.63, 3.8) is 0 Å². The first kappa shape index (κ1) is 13.7. The van der Waals surface area contributed by atoms with E-state index in [4.69, 9.17) is 5.73 Å². The fraction of sp³-hybridized carbons (Fsp3) is 0.333. The standard InChI is InChI=1S/C15H16F3N/c1-3-14(2,15(16,17)18)12-8-4-7-11-10(12)6-5-9-13(11)19/h4-9H,3,19H2,1-2H3. The van der Waals surface area contributed by atoms with E-state index in [1.54, 1.807) is 43.3 Å². The molecule has 102 valence electrons. The molecule has 0 aliphatic heterocycles. The van der Waals surface area contributed by atoms with Crippen LogP contribution in [0.2, 0.25) is 0 Å². The smallest absolute Gasteiger partial charge is 0.398 e. The molecular formula is C15H16F3N. The molecule has 4 heteroatoms. The first-order valence-electron chi connectivity index (χ1n) is 6.15. The Labute approximate surface area is 110 Å². The van der Waals surface area contributed by atoms with E-state index in [0.717, 1.165) is 0 Å². The maximum atomic E-state index is 13.4. The van der Waals surface area contributed by atoms with Crippen LogP contribution in [0, 0.1) is 0 Å². The van der Waals surface area contributed by atoms with Crippen LogP contribution in [0.3, 0.4) is 0 Å². The zero-order valence-corrected chi connectivity index (χ0v) is 10.9. The Morgan fingerprint density at radius 2 is 1.58 bits per heavy atom. The van der Waals surface area contributed by atoms with Gasteiger partial charge in [0.25, 0.3) is 0 Å². The number of alkyl halides is 3. The number of fused-ring (bicyclic) bond motifs is 1. The minimum absolute atomic E-state index is 0.00951. The van der Waals surface area contributed by atoms with Gasteiger partial charge in [0.1, 0.15) is 0 Å². The van der Waals surface area contributed by atoms with Crippen LogP contribution in [-0.2, 0) is 5.41 Å². The molecule has 2 N–H and O–H groups in total. The lowest BCUT2D eigenvalue weighted by Gasteiger charge is -2.32. The summed E-state index contributed by atoms with van der Waals surface area (Å²) in [5, 5.41) is 1.24. The molecule has 2 aromatic rings. The Bertz CT molecular complexity index is 604. The highest BCUT2D eigenvalue weighted by Crippen LogP contribution is 2.46. The number of anilines is 1. The van der Waals surface area contributed by atoms with Gasteiger partial charge >= 0.3 is 6.18 Å². The van der Waals surface area contributed by atoms with E-state index < -0.39 is 11.6 Å². The van der Waals surface area contributed by atoms with Gasteiger partial charge in [-0.3, -0.25) is 0 Å². The van der Waals surface area contributed by atoms with Crippen molar-refractivity contribution in [1.82, 2.24) is 0 Å². The van der Waals surface area contributed by atoms with E-state index in [0.29, 0.717) is 16.5 Å². The first-order valence-corrected chi connectivity index (χ1v) is 6.15. The van der Waals surface area contributed by atoms with Crippen molar-refractivity contribution in [3.05, 3.63) is 42.0 Å². The second kappa shape index (κ2) is 4.44. The summed E-state index contributed by atoms with van der Waals surface area (Å²) >= 11 is 0. The molecule has 0 saturated carbocycles. The normalized spacial score (nSPS) is 15.4. The molecule has 0 aliphatic carbocycles. The Kier molecular flexibility index (Phi) is 3.20. The molecule has 2 rings (SSSR count). The van der Waals surface area contributed by atoms with Gasteiger partial charge in [0.15, 0.2) is 0 Å². The molecule has 19 heavy (non-hydrogen) atoms. The molecular weight excluding hydrogens is 251 g/mol. The van der Waals surface area contributed by atoms with E-state index in [2.05, 4.69) is 0 Å². The molecule has 1 nitrogen and oxygen atoms in total. The fourth-order valence-corrected chi connectivity index (χ4v) is 2.36. The zero-order chi connectivity index (χ0) is 14.3. The maximum absolute atomic E-state index is 13.4. The Morgan fingerprint density at radius 1 is 1.00 bits per heavy atom. The topological polar surface area (TPSA) is 26.0 Å². The van der Waals surface area contributed by atoms with Gasteiger partial charge in [-0.2, -0.15) is 13.2 Å². The minimum Gasteiger partial charge on any atom is -0.398 e. The molecule has 0 aliphatic rings. The molecule has 0 spiro atoms. The van der Waals surface area contributed by atoms with Gasteiger partial charge in [-0.1, -0.05) is 37.3 Å². The number of halogens is 3. The Balaban J connectivity index is 2.79. The molecule has 0 heterocycles. The van der Waals surface area contributed by atoms with Crippen LogP contribution >= 0.6 is 0 Å². The van der Waals surface area contributed by atoms with E-state index >= 15 is 0 Å². The highest BCUT2D eigenvalue weighted by atomic mass is 19.4. The Morgan fingerprint density at radius 3 is 2.16 bits per heavy atom. The van der Waals surface area contributed by atoms with Crippen LogP contribution in [0.1, 0.15) is 25.8 Å². The van der Waals surface area contributed by atoms with Crippen molar-refractivity contribution < 1.29 is 13.2 Å². The van der Waals surface area contributed by atoms with Gasteiger partial charge in [-0.15, -0.1) is 0 Å². The third-order valence-electron chi connectivity index (χ3n) is 3.88. The van der Waals surface area contributed by atoms with Crippen molar-refractivity contribution in [2.75, 3.05) is 5.73 Å². The number of rotatable bonds is 2. The van der Waals surface area contributed by atoms with Crippen molar-refractivity contribution in [1.29, 1.82) is 0 Å². The van der Waals surface area contributed by atoms with Crippen LogP contribution in [0.4, 0.5) is 18.9 Å². The number of hydrogen-bond donors (Lipinski definition) is 1. The maximum Gasteiger partial charge on any atom is 0.398 e. The molecule has 0 amide bonds. The number of nitrogens with two attached hydrogens (primary N) is 1. The molecule has 0 fully saturated rings. The third-order valence-corrected chi connectivity index (χ3v) is 3.88. The first-order chi connectivity index (χ1) is 8.81. The SMILES string of the molecule is CCC(C)(c1cccc2c(N)cccc12)C(F)(F)F.